The number of phenolic OH excluding ortho intramolecular Hbond substituents is 1. The summed E-state index contributed by atoms with van der Waals surface area (Å²) >= 11 is 1.28. The van der Waals surface area contributed by atoms with Gasteiger partial charge in [-0.25, -0.2) is 0 Å². The van der Waals surface area contributed by atoms with Crippen molar-refractivity contribution in [3.05, 3.63) is 48.0 Å². The molecule has 100 valence electrons. The van der Waals surface area contributed by atoms with Crippen molar-refractivity contribution in [1.82, 2.24) is 4.90 Å². The van der Waals surface area contributed by atoms with Crippen molar-refractivity contribution in [1.29, 1.82) is 0 Å². The summed E-state index contributed by atoms with van der Waals surface area (Å²) in [6.45, 7) is -5.97. The normalized spacial score (nSPS) is 16.9. The Morgan fingerprint density at radius 1 is 1.21 bits per heavy atom. The number of rotatable bonds is 4. The van der Waals surface area contributed by atoms with Crippen LogP contribution in [0.15, 0.2) is 52.3 Å². The lowest BCUT2D eigenvalue weighted by Gasteiger charge is -2.15. The zero-order valence-electron chi connectivity index (χ0n) is 16.1. The van der Waals surface area contributed by atoms with Crippen LogP contribution in [0, 0.1) is 0 Å². The van der Waals surface area contributed by atoms with Crippen molar-refractivity contribution in [2.75, 3.05) is 19.7 Å². The number of phenols is 1. The molecule has 0 unspecified atom stereocenters. The highest BCUT2D eigenvalue weighted by Gasteiger charge is 2.08. The number of benzene rings is 2. The number of nitrogens with zero attached hydrogens (tertiary/aromatic N) is 1. The molecule has 2 aromatic carbocycles. The third kappa shape index (κ3) is 3.66. The molecule has 0 amide bonds. The number of para-hydroxylation sites is 1. The molecule has 0 heterocycles. The lowest BCUT2D eigenvalue weighted by molar-refractivity contribution is 0.397. The summed E-state index contributed by atoms with van der Waals surface area (Å²) in [5.74, 6) is -0.0728. The van der Waals surface area contributed by atoms with Crippen molar-refractivity contribution in [2.24, 2.45) is 0 Å². The highest BCUT2D eigenvalue weighted by atomic mass is 32.2. The molecule has 0 fully saturated rings. The van der Waals surface area contributed by atoms with Crippen LogP contribution < -0.4 is 5.73 Å². The number of aromatic hydroxyl groups is 1. The van der Waals surface area contributed by atoms with Crippen molar-refractivity contribution in [3.8, 4) is 5.75 Å². The maximum atomic E-state index is 9.74. The fraction of sp³-hybridized carbons (Fsp3) is 0.200. The van der Waals surface area contributed by atoms with E-state index in [-0.39, 0.29) is 12.3 Å². The van der Waals surface area contributed by atoms with E-state index in [1.165, 1.54) is 23.9 Å². The van der Waals surface area contributed by atoms with Gasteiger partial charge in [-0.15, -0.1) is 0 Å². The number of anilines is 1. The minimum absolute atomic E-state index is 0.0728. The van der Waals surface area contributed by atoms with Gasteiger partial charge in [0.1, 0.15) is 5.75 Å². The first-order valence-corrected chi connectivity index (χ1v) is 6.42. The van der Waals surface area contributed by atoms with Gasteiger partial charge < -0.3 is 15.7 Å². The molecule has 0 aromatic heterocycles. The summed E-state index contributed by atoms with van der Waals surface area (Å²) in [7, 11) is 0. The monoisotopic (exact) mass is 280 g/mol. The molecular formula is C15H18N2OS. The summed E-state index contributed by atoms with van der Waals surface area (Å²) in [6.07, 6.45) is 0. The van der Waals surface area contributed by atoms with E-state index in [1.807, 2.05) is 12.1 Å². The molecule has 4 heteroatoms. The third-order valence-electron chi connectivity index (χ3n) is 2.51. The predicted octanol–water partition coefficient (Wildman–Crippen LogP) is 3.19. The quantitative estimate of drug-likeness (QED) is 0.845. The average molecular weight is 280 g/mol. The van der Waals surface area contributed by atoms with Gasteiger partial charge in [-0.2, -0.15) is 0 Å². The fourth-order valence-electron chi connectivity index (χ4n) is 1.65. The van der Waals surface area contributed by atoms with Crippen molar-refractivity contribution >= 4 is 17.4 Å². The Balaban J connectivity index is 2.40. The average Bonchev–Trinajstić information content (AvgIpc) is 2.47. The second kappa shape index (κ2) is 5.99. The Morgan fingerprint density at radius 2 is 2.00 bits per heavy atom. The van der Waals surface area contributed by atoms with Gasteiger partial charge in [0.15, 0.2) is 0 Å². The molecule has 19 heavy (non-hydrogen) atoms. The first kappa shape index (κ1) is 7.82. The summed E-state index contributed by atoms with van der Waals surface area (Å²) in [5, 5.41) is 9.74. The second-order valence-electron chi connectivity index (χ2n) is 4.02. The topological polar surface area (TPSA) is 49.5 Å². The molecule has 3 nitrogen and oxygen atoms in total. The maximum absolute atomic E-state index is 9.74. The van der Waals surface area contributed by atoms with Gasteiger partial charge in [-0.3, -0.25) is 0 Å². The minimum atomic E-state index is -2.80. The lowest BCUT2D eigenvalue weighted by Crippen LogP contribution is -2.11. The largest absolute Gasteiger partial charge is 0.508 e. The molecule has 0 aliphatic heterocycles. The van der Waals surface area contributed by atoms with Crippen LogP contribution in [0.2, 0.25) is 0 Å². The molecule has 0 atom stereocenters. The number of nitrogens with two attached hydrogens (primary N) is 1. The molecule has 2 aromatic rings. The Hall–Kier alpha value is -1.65. The Labute approximate surface area is 126 Å². The van der Waals surface area contributed by atoms with Crippen LogP contribution in [-0.4, -0.2) is 24.0 Å². The van der Waals surface area contributed by atoms with Gasteiger partial charge in [0.05, 0.1) is 0 Å². The summed E-state index contributed by atoms with van der Waals surface area (Å²) in [5.41, 5.74) is 6.87. The fourth-order valence-corrected chi connectivity index (χ4v) is 2.61. The summed E-state index contributed by atoms with van der Waals surface area (Å²) < 4.78 is 44.9. The Kier molecular flexibility index (Phi) is 2.47. The maximum Gasteiger partial charge on any atom is 0.115 e. The zero-order chi connectivity index (χ0) is 18.8. The molecule has 0 bridgehead atoms. The first-order valence-electron chi connectivity index (χ1n) is 8.60. The van der Waals surface area contributed by atoms with Gasteiger partial charge >= 0.3 is 0 Å². The standard InChI is InChI=1S/C15H18N2OS/c1-17(2)10-11-9-12(18)7-8-14(11)19-15-6-4-3-5-13(15)16/h3-9,18H,10,16H2,1-2H3/i1D3,2D3. The van der Waals surface area contributed by atoms with Crippen LogP contribution in [0.3, 0.4) is 0 Å². The summed E-state index contributed by atoms with van der Waals surface area (Å²) in [6, 6.07) is 11.6. The molecule has 0 aliphatic carbocycles. The van der Waals surface area contributed by atoms with Crippen LogP contribution in [0.1, 0.15) is 13.8 Å². The highest BCUT2D eigenvalue weighted by Crippen LogP contribution is 2.35. The molecule has 0 saturated carbocycles. The van der Waals surface area contributed by atoms with Gasteiger partial charge in [0.25, 0.3) is 0 Å². The lowest BCUT2D eigenvalue weighted by atomic mass is 10.2. The number of nitrogen functional groups attached to an aromatic ring is 1. The van der Waals surface area contributed by atoms with E-state index >= 15 is 0 Å². The molecule has 0 aliphatic rings. The highest BCUT2D eigenvalue weighted by molar-refractivity contribution is 7.99. The second-order valence-corrected chi connectivity index (χ2v) is 5.10. The zero-order valence-corrected chi connectivity index (χ0v) is 10.9. The minimum Gasteiger partial charge on any atom is -0.508 e. The van der Waals surface area contributed by atoms with E-state index in [2.05, 4.69) is 0 Å². The van der Waals surface area contributed by atoms with Crippen molar-refractivity contribution in [3.63, 3.8) is 0 Å². The van der Waals surface area contributed by atoms with Crippen molar-refractivity contribution < 1.29 is 13.3 Å². The molecule has 3 N–H and O–H groups in total. The molecule has 0 saturated heterocycles. The van der Waals surface area contributed by atoms with E-state index in [1.54, 1.807) is 18.2 Å². The van der Waals surface area contributed by atoms with E-state index < -0.39 is 14.0 Å². The van der Waals surface area contributed by atoms with E-state index in [0.717, 1.165) is 4.90 Å². The van der Waals surface area contributed by atoms with Gasteiger partial charge in [-0.1, -0.05) is 23.9 Å². The summed E-state index contributed by atoms with van der Waals surface area (Å²) in [4.78, 5) is 1.82. The van der Waals surface area contributed by atoms with Crippen LogP contribution in [0.4, 0.5) is 5.69 Å². The number of hydrogen-bond donors (Lipinski definition) is 2. The third-order valence-corrected chi connectivity index (χ3v) is 3.72. The van der Waals surface area contributed by atoms with E-state index in [0.29, 0.717) is 21.0 Å². The van der Waals surface area contributed by atoms with Crippen LogP contribution in [0.5, 0.6) is 5.75 Å². The Bertz CT molecular complexity index is 734. The van der Waals surface area contributed by atoms with Crippen LogP contribution in [0.25, 0.3) is 0 Å². The molecule has 0 spiro atoms. The van der Waals surface area contributed by atoms with E-state index in [4.69, 9.17) is 14.0 Å². The Morgan fingerprint density at radius 3 is 2.74 bits per heavy atom. The molecular weight excluding hydrogens is 256 g/mol. The number of hydrogen-bond acceptors (Lipinski definition) is 4. The van der Waals surface area contributed by atoms with E-state index in [9.17, 15) is 5.11 Å². The van der Waals surface area contributed by atoms with Crippen LogP contribution in [-0.2, 0) is 6.54 Å². The predicted molar refractivity (Wildman–Crippen MR) is 80.5 cm³/mol. The van der Waals surface area contributed by atoms with Crippen LogP contribution >= 0.6 is 11.8 Å². The van der Waals surface area contributed by atoms with Gasteiger partial charge in [-0.05, 0) is 49.8 Å². The SMILES string of the molecule is [2H]C([2H])([2H])N(Cc1cc(O)ccc1Sc1ccccc1N)C([2H])([2H])[2H]. The van der Waals surface area contributed by atoms with Crippen molar-refractivity contribution in [2.45, 2.75) is 16.3 Å². The van der Waals surface area contributed by atoms with Gasteiger partial charge in [0, 0.05) is 30.2 Å². The smallest absolute Gasteiger partial charge is 0.115 e. The van der Waals surface area contributed by atoms with Gasteiger partial charge in [0.2, 0.25) is 0 Å². The first-order chi connectivity index (χ1) is 11.5. The molecule has 2 rings (SSSR count). The molecule has 0 radical (unpaired) electrons.